The van der Waals surface area contributed by atoms with Crippen molar-refractivity contribution in [2.45, 2.75) is 39.3 Å². The second-order valence-corrected chi connectivity index (χ2v) is 11.1. The maximum absolute atomic E-state index is 12.7. The van der Waals surface area contributed by atoms with Crippen LogP contribution in [-0.2, 0) is 21.4 Å². The van der Waals surface area contributed by atoms with E-state index < -0.39 is 10.0 Å². The summed E-state index contributed by atoms with van der Waals surface area (Å²) in [7, 11) is -3.59. The molecule has 3 rings (SSSR count). The summed E-state index contributed by atoms with van der Waals surface area (Å²) in [5.41, 5.74) is 2.83. The van der Waals surface area contributed by atoms with E-state index in [0.29, 0.717) is 16.5 Å². The average molecular weight is 478 g/mol. The van der Waals surface area contributed by atoms with Crippen molar-refractivity contribution in [3.8, 4) is 0 Å². The van der Waals surface area contributed by atoms with Crippen molar-refractivity contribution >= 4 is 33.2 Å². The Kier molecular flexibility index (Phi) is 8.20. The smallest absolute Gasteiger partial charge is 0.235 e. The molecular formula is C24H32ClN3O3S. The van der Waals surface area contributed by atoms with Gasteiger partial charge >= 0.3 is 0 Å². The van der Waals surface area contributed by atoms with Crippen LogP contribution in [0.5, 0.6) is 0 Å². The van der Waals surface area contributed by atoms with Crippen LogP contribution in [0.4, 0.5) is 5.69 Å². The van der Waals surface area contributed by atoms with Crippen LogP contribution >= 0.6 is 11.6 Å². The second-order valence-electron chi connectivity index (χ2n) is 8.70. The normalized spacial score (nSPS) is 17.9. The lowest BCUT2D eigenvalue weighted by Crippen LogP contribution is -2.40. The van der Waals surface area contributed by atoms with Crippen LogP contribution in [0.1, 0.15) is 43.9 Å². The van der Waals surface area contributed by atoms with E-state index in [1.807, 2.05) is 19.1 Å². The van der Waals surface area contributed by atoms with Crippen molar-refractivity contribution < 1.29 is 13.2 Å². The average Bonchev–Trinajstić information content (AvgIpc) is 2.74. The maximum Gasteiger partial charge on any atom is 0.235 e. The number of rotatable bonds is 8. The maximum atomic E-state index is 12.7. The molecule has 0 spiro atoms. The minimum Gasteiger partial charge on any atom is -0.371 e. The summed E-state index contributed by atoms with van der Waals surface area (Å²) in [5.74, 6) is 0.342. The van der Waals surface area contributed by atoms with Gasteiger partial charge in [-0.3, -0.25) is 4.79 Å². The molecule has 1 heterocycles. The van der Waals surface area contributed by atoms with E-state index in [2.05, 4.69) is 29.3 Å². The van der Waals surface area contributed by atoms with Crippen molar-refractivity contribution in [1.82, 2.24) is 9.62 Å². The van der Waals surface area contributed by atoms with Crippen LogP contribution in [0.3, 0.4) is 0 Å². The summed E-state index contributed by atoms with van der Waals surface area (Å²) in [4.78, 5) is 15.1. The van der Waals surface area contributed by atoms with Gasteiger partial charge in [-0.15, -0.1) is 0 Å². The Labute approximate surface area is 196 Å². The fraction of sp³-hybridized carbons (Fsp3) is 0.458. The van der Waals surface area contributed by atoms with E-state index in [1.165, 1.54) is 18.5 Å². The van der Waals surface area contributed by atoms with Gasteiger partial charge in [0.1, 0.15) is 0 Å². The largest absolute Gasteiger partial charge is 0.371 e. The number of hydrogen-bond acceptors (Lipinski definition) is 4. The number of halogens is 1. The van der Waals surface area contributed by atoms with E-state index in [-0.39, 0.29) is 25.0 Å². The summed E-state index contributed by atoms with van der Waals surface area (Å²) < 4.78 is 25.6. The summed E-state index contributed by atoms with van der Waals surface area (Å²) in [5, 5.41) is 3.38. The van der Waals surface area contributed by atoms with Gasteiger partial charge in [-0.05, 0) is 55.0 Å². The highest BCUT2D eigenvalue weighted by atomic mass is 35.5. The van der Waals surface area contributed by atoms with E-state index >= 15 is 0 Å². The van der Waals surface area contributed by atoms with E-state index in [4.69, 9.17) is 11.6 Å². The van der Waals surface area contributed by atoms with Gasteiger partial charge in [0.05, 0.1) is 18.8 Å². The molecule has 174 valence electrons. The molecule has 0 bridgehead atoms. The number of hydrogen-bond donors (Lipinski definition) is 1. The number of carbonyl (C=O) groups is 1. The summed E-state index contributed by atoms with van der Waals surface area (Å²) in [6.07, 6.45) is 3.58. The van der Waals surface area contributed by atoms with Gasteiger partial charge in [0.25, 0.3) is 0 Å². The molecule has 2 aromatic rings. The molecule has 2 atom stereocenters. The first-order valence-corrected chi connectivity index (χ1v) is 13.2. The van der Waals surface area contributed by atoms with Gasteiger partial charge in [0, 0.05) is 30.3 Å². The van der Waals surface area contributed by atoms with Gasteiger partial charge in [-0.25, -0.2) is 8.42 Å². The van der Waals surface area contributed by atoms with E-state index in [1.54, 1.807) is 24.3 Å². The number of nitrogens with one attached hydrogen (secondary N) is 1. The number of amides is 1. The number of anilines is 1. The Morgan fingerprint density at radius 2 is 1.91 bits per heavy atom. The lowest BCUT2D eigenvalue weighted by molar-refractivity contribution is -0.122. The van der Waals surface area contributed by atoms with Gasteiger partial charge in [-0.1, -0.05) is 48.9 Å². The number of sulfonamides is 1. The highest BCUT2D eigenvalue weighted by molar-refractivity contribution is 7.88. The highest BCUT2D eigenvalue weighted by Gasteiger charge is 2.23. The predicted octanol–water partition coefficient (Wildman–Crippen LogP) is 4.22. The third-order valence-electron chi connectivity index (χ3n) is 5.89. The third kappa shape index (κ3) is 6.70. The first-order chi connectivity index (χ1) is 15.1. The SMILES string of the molecule is C[C@H]1CCCN(c2ccc([C@H](C)NC(=O)CN(Cc3ccccc3Cl)S(C)(=O)=O)cc2)C1. The molecule has 1 amide bonds. The zero-order valence-corrected chi connectivity index (χ0v) is 20.5. The van der Waals surface area contributed by atoms with Crippen molar-refractivity contribution in [1.29, 1.82) is 0 Å². The molecule has 0 radical (unpaired) electrons. The first-order valence-electron chi connectivity index (χ1n) is 11.0. The van der Waals surface area contributed by atoms with Crippen LogP contribution in [0.2, 0.25) is 5.02 Å². The molecule has 6 nitrogen and oxygen atoms in total. The third-order valence-corrected chi connectivity index (χ3v) is 7.45. The fourth-order valence-corrected chi connectivity index (χ4v) is 4.96. The Balaban J connectivity index is 1.61. The van der Waals surface area contributed by atoms with Gasteiger partial charge in [-0.2, -0.15) is 4.31 Å². The molecule has 0 saturated carbocycles. The number of carbonyl (C=O) groups excluding carboxylic acids is 1. The topological polar surface area (TPSA) is 69.7 Å². The molecule has 8 heteroatoms. The zero-order valence-electron chi connectivity index (χ0n) is 18.9. The molecule has 1 aliphatic rings. The van der Waals surface area contributed by atoms with E-state index in [0.717, 1.165) is 29.2 Å². The number of benzene rings is 2. The molecular weight excluding hydrogens is 446 g/mol. The molecule has 1 N–H and O–H groups in total. The van der Waals surface area contributed by atoms with E-state index in [9.17, 15) is 13.2 Å². The standard InChI is InChI=1S/C24H32ClN3O3S/c1-18-7-6-14-27(15-18)22-12-10-20(11-13-22)19(2)26-24(29)17-28(32(3,30)31)16-21-8-4-5-9-23(21)25/h4-5,8-13,18-19H,6-7,14-17H2,1-3H3,(H,26,29)/t18-,19-/m0/s1. The summed E-state index contributed by atoms with van der Waals surface area (Å²) >= 11 is 6.17. The zero-order chi connectivity index (χ0) is 23.3. The van der Waals surface area contributed by atoms with Crippen LogP contribution in [-0.4, -0.2) is 44.5 Å². The van der Waals surface area contributed by atoms with Crippen LogP contribution < -0.4 is 10.2 Å². The number of nitrogens with zero attached hydrogens (tertiary/aromatic N) is 2. The Hall–Kier alpha value is -2.09. The first kappa shape index (κ1) is 24.6. The van der Waals surface area contributed by atoms with Crippen molar-refractivity contribution in [3.05, 3.63) is 64.7 Å². The van der Waals surface area contributed by atoms with Crippen molar-refractivity contribution in [2.24, 2.45) is 5.92 Å². The van der Waals surface area contributed by atoms with Crippen molar-refractivity contribution in [2.75, 3.05) is 30.8 Å². The Bertz CT molecular complexity index is 1030. The predicted molar refractivity (Wildman–Crippen MR) is 130 cm³/mol. The molecule has 32 heavy (non-hydrogen) atoms. The highest BCUT2D eigenvalue weighted by Crippen LogP contribution is 2.25. The molecule has 1 fully saturated rings. The van der Waals surface area contributed by atoms with Crippen LogP contribution in [0.15, 0.2) is 48.5 Å². The lowest BCUT2D eigenvalue weighted by atomic mass is 9.99. The second kappa shape index (κ2) is 10.7. The van der Waals surface area contributed by atoms with Gasteiger partial charge in [0.2, 0.25) is 15.9 Å². The quantitative estimate of drug-likeness (QED) is 0.618. The van der Waals surface area contributed by atoms with Crippen LogP contribution in [0, 0.1) is 5.92 Å². The fourth-order valence-electron chi connectivity index (χ4n) is 4.04. The monoisotopic (exact) mass is 477 g/mol. The number of piperidine rings is 1. The molecule has 0 aliphatic carbocycles. The van der Waals surface area contributed by atoms with Crippen LogP contribution in [0.25, 0.3) is 0 Å². The summed E-state index contributed by atoms with van der Waals surface area (Å²) in [6, 6.07) is 15.0. The lowest BCUT2D eigenvalue weighted by Gasteiger charge is -2.33. The molecule has 0 aromatic heterocycles. The summed E-state index contributed by atoms with van der Waals surface area (Å²) in [6.45, 7) is 6.10. The Morgan fingerprint density at radius 1 is 1.22 bits per heavy atom. The minimum absolute atomic E-state index is 0.0449. The molecule has 0 unspecified atom stereocenters. The molecule has 1 aliphatic heterocycles. The van der Waals surface area contributed by atoms with Gasteiger partial charge < -0.3 is 10.2 Å². The Morgan fingerprint density at radius 3 is 2.53 bits per heavy atom. The van der Waals surface area contributed by atoms with Crippen molar-refractivity contribution in [3.63, 3.8) is 0 Å². The molecule has 1 saturated heterocycles. The minimum atomic E-state index is -3.59. The van der Waals surface area contributed by atoms with Gasteiger partial charge in [0.15, 0.2) is 0 Å². The molecule has 2 aromatic carbocycles.